The number of thiophene rings is 2. The zero-order valence-corrected chi connectivity index (χ0v) is 32.3. The summed E-state index contributed by atoms with van der Waals surface area (Å²) in [6.45, 7) is 0. The molecule has 0 radical (unpaired) electrons. The van der Waals surface area contributed by atoms with Crippen LogP contribution in [-0.2, 0) is 0 Å². The highest BCUT2D eigenvalue weighted by molar-refractivity contribution is 7.26. The lowest BCUT2D eigenvalue weighted by Crippen LogP contribution is -2.44. The Morgan fingerprint density at radius 1 is 0.474 bits per heavy atom. The number of aliphatic imine (C=N–C) groups is 1. The SMILES string of the molecule is c1ccc(C2N=C(c3cccc4c3sc3cc(-c5ccc6c(c5)sc5cccc(-n7c8ccccc8c8ccccc87)c56)ccc34)NC(c3ccccc3)N2)cc1. The smallest absolute Gasteiger partial charge is 0.133 e. The van der Waals surface area contributed by atoms with Gasteiger partial charge in [-0.05, 0) is 64.7 Å². The van der Waals surface area contributed by atoms with Crippen LogP contribution in [-0.4, -0.2) is 10.4 Å². The fourth-order valence-electron chi connectivity index (χ4n) is 8.84. The van der Waals surface area contributed by atoms with Crippen molar-refractivity contribution in [3.05, 3.63) is 199 Å². The van der Waals surface area contributed by atoms with Gasteiger partial charge < -0.3 is 9.88 Å². The third-order valence-electron chi connectivity index (χ3n) is 11.5. The number of rotatable bonds is 5. The van der Waals surface area contributed by atoms with Gasteiger partial charge in [-0.25, -0.2) is 4.99 Å². The van der Waals surface area contributed by atoms with Gasteiger partial charge in [-0.2, -0.15) is 0 Å². The predicted molar refractivity (Wildman–Crippen MR) is 243 cm³/mol. The third-order valence-corrected chi connectivity index (χ3v) is 13.8. The van der Waals surface area contributed by atoms with E-state index in [0.717, 1.165) is 17.0 Å². The van der Waals surface area contributed by atoms with Gasteiger partial charge in [0.2, 0.25) is 0 Å². The van der Waals surface area contributed by atoms with Crippen molar-refractivity contribution >= 4 is 90.7 Å². The number of nitrogens with one attached hydrogen (secondary N) is 2. The first-order chi connectivity index (χ1) is 28.2. The predicted octanol–water partition coefficient (Wildman–Crippen LogP) is 13.5. The van der Waals surface area contributed by atoms with Crippen molar-refractivity contribution in [2.24, 2.45) is 4.99 Å². The first-order valence-corrected chi connectivity index (χ1v) is 21.0. The maximum atomic E-state index is 5.28. The van der Waals surface area contributed by atoms with E-state index in [9.17, 15) is 0 Å². The maximum absolute atomic E-state index is 5.28. The monoisotopic (exact) mass is 766 g/mol. The minimum atomic E-state index is -0.175. The molecule has 2 N–H and O–H groups in total. The molecule has 0 bridgehead atoms. The molecule has 0 aliphatic carbocycles. The van der Waals surface area contributed by atoms with Crippen LogP contribution >= 0.6 is 22.7 Å². The van der Waals surface area contributed by atoms with E-state index < -0.39 is 0 Å². The second kappa shape index (κ2) is 13.0. The van der Waals surface area contributed by atoms with Gasteiger partial charge in [0.05, 0.1) is 16.7 Å². The van der Waals surface area contributed by atoms with E-state index in [-0.39, 0.29) is 12.3 Å². The average Bonchev–Trinajstić information content (AvgIpc) is 3.96. The van der Waals surface area contributed by atoms with Crippen molar-refractivity contribution in [1.29, 1.82) is 0 Å². The van der Waals surface area contributed by atoms with Crippen LogP contribution < -0.4 is 10.6 Å². The van der Waals surface area contributed by atoms with Crippen molar-refractivity contribution in [3.8, 4) is 16.8 Å². The number of aromatic nitrogens is 1. The minimum absolute atomic E-state index is 0.0815. The van der Waals surface area contributed by atoms with Crippen LogP contribution in [0.4, 0.5) is 0 Å². The fourth-order valence-corrected chi connectivity index (χ4v) is 11.3. The number of para-hydroxylation sites is 2. The van der Waals surface area contributed by atoms with Crippen molar-refractivity contribution in [2.75, 3.05) is 0 Å². The van der Waals surface area contributed by atoms with Gasteiger partial charge in [0.25, 0.3) is 0 Å². The normalized spacial score (nSPS) is 15.9. The van der Waals surface area contributed by atoms with Crippen LogP contribution in [0.25, 0.3) is 79.0 Å². The first-order valence-electron chi connectivity index (χ1n) is 19.4. The van der Waals surface area contributed by atoms with E-state index >= 15 is 0 Å². The summed E-state index contributed by atoms with van der Waals surface area (Å²) in [7, 11) is 0. The summed E-state index contributed by atoms with van der Waals surface area (Å²) in [5.74, 6) is 0.907. The molecule has 0 saturated carbocycles. The molecule has 4 heterocycles. The number of nitrogens with zero attached hydrogens (tertiary/aromatic N) is 2. The summed E-state index contributed by atoms with van der Waals surface area (Å²) in [5, 5.41) is 15.2. The maximum Gasteiger partial charge on any atom is 0.133 e. The Labute approximate surface area is 337 Å². The summed E-state index contributed by atoms with van der Waals surface area (Å²) >= 11 is 3.73. The molecule has 8 aromatic carbocycles. The lowest BCUT2D eigenvalue weighted by molar-refractivity contribution is 0.409. The topological polar surface area (TPSA) is 41.4 Å². The van der Waals surface area contributed by atoms with Crippen LogP contribution in [0.15, 0.2) is 187 Å². The minimum Gasteiger partial charge on any atom is -0.350 e. The Morgan fingerprint density at radius 3 is 1.82 bits per heavy atom. The van der Waals surface area contributed by atoms with E-state index in [4.69, 9.17) is 4.99 Å². The molecule has 6 heteroatoms. The highest BCUT2D eigenvalue weighted by atomic mass is 32.1. The fraction of sp³-hybridized carbons (Fsp3) is 0.0392. The van der Waals surface area contributed by atoms with Gasteiger partial charge >= 0.3 is 0 Å². The van der Waals surface area contributed by atoms with Gasteiger partial charge in [0, 0.05) is 56.7 Å². The molecule has 0 saturated heterocycles. The zero-order valence-electron chi connectivity index (χ0n) is 30.7. The summed E-state index contributed by atoms with van der Waals surface area (Å²) in [5.41, 5.74) is 9.60. The Bertz CT molecular complexity index is 3320. The van der Waals surface area contributed by atoms with Crippen LogP contribution in [0.5, 0.6) is 0 Å². The van der Waals surface area contributed by atoms with Crippen LogP contribution in [0.2, 0.25) is 0 Å². The Kier molecular flexibility index (Phi) is 7.45. The van der Waals surface area contributed by atoms with Crippen molar-refractivity contribution in [2.45, 2.75) is 12.3 Å². The largest absolute Gasteiger partial charge is 0.350 e. The van der Waals surface area contributed by atoms with E-state index in [2.05, 4.69) is 197 Å². The number of benzene rings is 8. The quantitative estimate of drug-likeness (QED) is 0.183. The second-order valence-corrected chi connectivity index (χ2v) is 16.9. The standard InChI is InChI=1S/C51H34N4S2/c1-3-13-31(14-4-1)49-52-50(32-15-5-2-6-16-32)54-51(53-49)40-20-11-19-38-37-27-25-33(29-45(37)57-48(38)40)34-26-28-39-46(30-34)56-44-24-12-23-43(47(39)44)55-41-21-9-7-17-35(41)36-18-8-10-22-42(36)55/h1-30,49-50,52H,(H,53,54). The molecular formula is C51H34N4S2. The molecule has 1 aliphatic heterocycles. The average molecular weight is 767 g/mol. The molecule has 3 aromatic heterocycles. The Morgan fingerprint density at radius 2 is 1.09 bits per heavy atom. The molecule has 12 rings (SSSR count). The highest BCUT2D eigenvalue weighted by Gasteiger charge is 2.27. The third kappa shape index (κ3) is 5.26. The lowest BCUT2D eigenvalue weighted by Gasteiger charge is -2.32. The molecule has 2 atom stereocenters. The van der Waals surface area contributed by atoms with Crippen LogP contribution in [0.1, 0.15) is 29.0 Å². The number of hydrogen-bond acceptors (Lipinski definition) is 5. The Hall–Kier alpha value is -6.57. The number of fused-ring (bicyclic) bond motifs is 9. The van der Waals surface area contributed by atoms with Gasteiger partial charge in [-0.3, -0.25) is 5.32 Å². The molecule has 4 nitrogen and oxygen atoms in total. The van der Waals surface area contributed by atoms with Crippen LogP contribution in [0.3, 0.4) is 0 Å². The van der Waals surface area contributed by atoms with Gasteiger partial charge in [-0.1, -0.05) is 140 Å². The molecule has 0 spiro atoms. The van der Waals surface area contributed by atoms with Gasteiger partial charge in [-0.15, -0.1) is 22.7 Å². The molecule has 270 valence electrons. The zero-order chi connectivity index (χ0) is 37.5. The molecule has 1 aliphatic rings. The number of hydrogen-bond donors (Lipinski definition) is 2. The van der Waals surface area contributed by atoms with E-state index in [1.165, 1.54) is 84.5 Å². The number of amidine groups is 1. The molecule has 11 aromatic rings. The van der Waals surface area contributed by atoms with Crippen molar-refractivity contribution in [1.82, 2.24) is 15.2 Å². The molecule has 57 heavy (non-hydrogen) atoms. The van der Waals surface area contributed by atoms with E-state index in [1.807, 2.05) is 22.7 Å². The van der Waals surface area contributed by atoms with E-state index in [1.54, 1.807) is 0 Å². The summed E-state index contributed by atoms with van der Waals surface area (Å²) in [6, 6.07) is 66.0. The van der Waals surface area contributed by atoms with Crippen molar-refractivity contribution < 1.29 is 0 Å². The van der Waals surface area contributed by atoms with Crippen LogP contribution in [0, 0.1) is 0 Å². The van der Waals surface area contributed by atoms with Gasteiger partial charge in [0.15, 0.2) is 0 Å². The van der Waals surface area contributed by atoms with E-state index in [0.29, 0.717) is 0 Å². The summed E-state index contributed by atoms with van der Waals surface area (Å²) in [6.07, 6.45) is -0.257. The summed E-state index contributed by atoms with van der Waals surface area (Å²) in [4.78, 5) is 5.28. The molecular weight excluding hydrogens is 733 g/mol. The molecule has 0 fully saturated rings. The highest BCUT2D eigenvalue weighted by Crippen LogP contribution is 2.44. The second-order valence-electron chi connectivity index (χ2n) is 14.8. The van der Waals surface area contributed by atoms with Crippen molar-refractivity contribution in [3.63, 3.8) is 0 Å². The molecule has 0 amide bonds. The van der Waals surface area contributed by atoms with Gasteiger partial charge in [0.1, 0.15) is 18.2 Å². The lowest BCUT2D eigenvalue weighted by atomic mass is 10.0. The Balaban J connectivity index is 0.956. The summed E-state index contributed by atoms with van der Waals surface area (Å²) < 4.78 is 7.56. The molecule has 2 unspecified atom stereocenters. The first kappa shape index (κ1) is 32.7.